The molecule has 2 aromatic rings. The average molecular weight is 225 g/mol. The Labute approximate surface area is 93.5 Å². The average Bonchev–Trinajstić information content (AvgIpc) is 2.61. The van der Waals surface area contributed by atoms with Crippen LogP contribution in [0.15, 0.2) is 6.20 Å². The van der Waals surface area contributed by atoms with Crippen molar-refractivity contribution in [1.82, 2.24) is 19.3 Å². The molecular weight excluding hydrogens is 212 g/mol. The molecule has 80 valence electrons. The second-order valence-electron chi connectivity index (χ2n) is 3.69. The fraction of sp³-hybridized carbons (Fsp3) is 0.400. The Balaban J connectivity index is 2.64. The van der Waals surface area contributed by atoms with E-state index in [1.54, 1.807) is 4.68 Å². The second-order valence-corrected chi connectivity index (χ2v) is 4.07. The minimum absolute atomic E-state index is 0.672. The molecule has 0 fully saturated rings. The van der Waals surface area contributed by atoms with Crippen molar-refractivity contribution in [3.05, 3.63) is 22.6 Å². The summed E-state index contributed by atoms with van der Waals surface area (Å²) in [5.74, 6) is 0.807. The Morgan fingerprint density at radius 1 is 1.27 bits per heavy atom. The van der Waals surface area contributed by atoms with Crippen molar-refractivity contribution in [2.75, 3.05) is 0 Å². The molecule has 0 aromatic carbocycles. The Bertz CT molecular complexity index is 510. The maximum atomic E-state index is 6.19. The molecule has 2 heterocycles. The first-order valence-electron chi connectivity index (χ1n) is 4.70. The third-order valence-electron chi connectivity index (χ3n) is 2.47. The van der Waals surface area contributed by atoms with Crippen LogP contribution in [0.1, 0.15) is 11.4 Å². The smallest absolute Gasteiger partial charge is 0.162 e. The predicted molar refractivity (Wildman–Crippen MR) is 59.9 cm³/mol. The van der Waals surface area contributed by atoms with Gasteiger partial charge < -0.3 is 4.57 Å². The fourth-order valence-electron chi connectivity index (χ4n) is 1.56. The van der Waals surface area contributed by atoms with Crippen molar-refractivity contribution < 1.29 is 0 Å². The van der Waals surface area contributed by atoms with Crippen molar-refractivity contribution in [3.8, 4) is 11.5 Å². The summed E-state index contributed by atoms with van der Waals surface area (Å²) < 4.78 is 3.70. The molecule has 0 spiro atoms. The molecule has 0 atom stereocenters. The minimum atomic E-state index is 0.672. The van der Waals surface area contributed by atoms with Crippen LogP contribution in [-0.2, 0) is 14.1 Å². The van der Waals surface area contributed by atoms with Gasteiger partial charge in [0.15, 0.2) is 5.82 Å². The molecular formula is C10H13ClN4. The molecule has 0 unspecified atom stereocenters. The highest BCUT2D eigenvalue weighted by molar-refractivity contribution is 6.33. The van der Waals surface area contributed by atoms with Crippen molar-refractivity contribution in [3.63, 3.8) is 0 Å². The lowest BCUT2D eigenvalue weighted by Gasteiger charge is -1.96. The van der Waals surface area contributed by atoms with Crippen LogP contribution in [0.5, 0.6) is 0 Å². The number of rotatable bonds is 1. The van der Waals surface area contributed by atoms with Crippen LogP contribution in [0.2, 0.25) is 5.02 Å². The molecule has 0 amide bonds. The molecule has 5 heteroatoms. The van der Waals surface area contributed by atoms with Gasteiger partial charge in [-0.15, -0.1) is 0 Å². The van der Waals surface area contributed by atoms with Gasteiger partial charge in [-0.2, -0.15) is 5.10 Å². The Hall–Kier alpha value is -1.29. The molecule has 0 N–H and O–H groups in total. The van der Waals surface area contributed by atoms with Crippen LogP contribution in [0.3, 0.4) is 0 Å². The van der Waals surface area contributed by atoms with Crippen LogP contribution < -0.4 is 0 Å². The number of aryl methyl sites for hydroxylation is 3. The van der Waals surface area contributed by atoms with Gasteiger partial charge in [0, 0.05) is 20.3 Å². The number of hydrogen-bond donors (Lipinski definition) is 0. The van der Waals surface area contributed by atoms with Crippen LogP contribution in [0.25, 0.3) is 11.5 Å². The standard InChI is InChI=1S/C10H13ClN4/c1-6-5-14(3)10(12-6)9-8(11)7(2)15(4)13-9/h5H,1-4H3. The topological polar surface area (TPSA) is 35.6 Å². The van der Waals surface area contributed by atoms with E-state index < -0.39 is 0 Å². The fourth-order valence-corrected chi connectivity index (χ4v) is 1.81. The monoisotopic (exact) mass is 224 g/mol. The van der Waals surface area contributed by atoms with Crippen molar-refractivity contribution in [1.29, 1.82) is 0 Å². The Morgan fingerprint density at radius 2 is 1.93 bits per heavy atom. The molecule has 2 rings (SSSR count). The number of aromatic nitrogens is 4. The van der Waals surface area contributed by atoms with Gasteiger partial charge in [0.2, 0.25) is 0 Å². The summed E-state index contributed by atoms with van der Waals surface area (Å²) in [5, 5.41) is 5.03. The van der Waals surface area contributed by atoms with Crippen LogP contribution in [0, 0.1) is 13.8 Å². The summed E-state index contributed by atoms with van der Waals surface area (Å²) >= 11 is 6.19. The molecule has 0 aliphatic heterocycles. The van der Waals surface area contributed by atoms with Gasteiger partial charge in [-0.05, 0) is 13.8 Å². The summed E-state index contributed by atoms with van der Waals surface area (Å²) in [5.41, 5.74) is 2.66. The van der Waals surface area contributed by atoms with E-state index in [4.69, 9.17) is 11.6 Å². The largest absolute Gasteiger partial charge is 0.332 e. The maximum absolute atomic E-state index is 6.19. The molecule has 4 nitrogen and oxygen atoms in total. The zero-order valence-electron chi connectivity index (χ0n) is 9.24. The molecule has 0 radical (unpaired) electrons. The van der Waals surface area contributed by atoms with E-state index in [1.165, 1.54) is 0 Å². The molecule has 0 saturated carbocycles. The lowest BCUT2D eigenvalue weighted by molar-refractivity contribution is 0.739. The molecule has 2 aromatic heterocycles. The van der Waals surface area contributed by atoms with Gasteiger partial charge in [-0.3, -0.25) is 4.68 Å². The minimum Gasteiger partial charge on any atom is -0.332 e. The molecule has 0 aliphatic carbocycles. The Kier molecular flexibility index (Phi) is 2.31. The van der Waals surface area contributed by atoms with E-state index in [2.05, 4.69) is 10.1 Å². The van der Waals surface area contributed by atoms with E-state index in [-0.39, 0.29) is 0 Å². The quantitative estimate of drug-likeness (QED) is 0.744. The highest BCUT2D eigenvalue weighted by Crippen LogP contribution is 2.28. The van der Waals surface area contributed by atoms with E-state index in [0.717, 1.165) is 22.9 Å². The van der Waals surface area contributed by atoms with E-state index in [0.29, 0.717) is 5.02 Å². The summed E-state index contributed by atoms with van der Waals surface area (Å²) in [7, 11) is 3.82. The van der Waals surface area contributed by atoms with Crippen LogP contribution in [0.4, 0.5) is 0 Å². The van der Waals surface area contributed by atoms with Crippen molar-refractivity contribution in [2.45, 2.75) is 13.8 Å². The SMILES string of the molecule is Cc1cn(C)c(-c2nn(C)c(C)c2Cl)n1. The highest BCUT2D eigenvalue weighted by atomic mass is 35.5. The lowest BCUT2D eigenvalue weighted by Crippen LogP contribution is -1.95. The first-order chi connectivity index (χ1) is 7.00. The van der Waals surface area contributed by atoms with E-state index >= 15 is 0 Å². The summed E-state index contributed by atoms with van der Waals surface area (Å²) in [4.78, 5) is 4.40. The molecule has 15 heavy (non-hydrogen) atoms. The van der Waals surface area contributed by atoms with Gasteiger partial charge in [0.05, 0.1) is 16.4 Å². The van der Waals surface area contributed by atoms with Crippen molar-refractivity contribution >= 4 is 11.6 Å². The maximum Gasteiger partial charge on any atom is 0.162 e. The third-order valence-corrected chi connectivity index (χ3v) is 2.92. The normalized spacial score (nSPS) is 11.0. The highest BCUT2D eigenvalue weighted by Gasteiger charge is 2.16. The first kappa shape index (κ1) is 10.2. The van der Waals surface area contributed by atoms with Crippen LogP contribution >= 0.6 is 11.6 Å². The number of imidazole rings is 1. The van der Waals surface area contributed by atoms with Gasteiger partial charge in [-0.1, -0.05) is 11.6 Å². The van der Waals surface area contributed by atoms with Gasteiger partial charge in [-0.25, -0.2) is 4.98 Å². The number of halogens is 1. The zero-order chi connectivity index (χ0) is 11.2. The summed E-state index contributed by atoms with van der Waals surface area (Å²) in [6.45, 7) is 3.89. The van der Waals surface area contributed by atoms with Gasteiger partial charge in [0.25, 0.3) is 0 Å². The number of hydrogen-bond acceptors (Lipinski definition) is 2. The molecule has 0 saturated heterocycles. The number of nitrogens with zero attached hydrogens (tertiary/aromatic N) is 4. The predicted octanol–water partition coefficient (Wildman–Crippen LogP) is 2.09. The zero-order valence-corrected chi connectivity index (χ0v) is 10.0. The van der Waals surface area contributed by atoms with Crippen LogP contribution in [-0.4, -0.2) is 19.3 Å². The summed E-state index contributed by atoms with van der Waals surface area (Å²) in [6, 6.07) is 0. The van der Waals surface area contributed by atoms with Gasteiger partial charge in [0.1, 0.15) is 5.69 Å². The van der Waals surface area contributed by atoms with E-state index in [9.17, 15) is 0 Å². The van der Waals surface area contributed by atoms with E-state index in [1.807, 2.05) is 38.7 Å². The molecule has 0 aliphatic rings. The lowest BCUT2D eigenvalue weighted by atomic mass is 10.3. The van der Waals surface area contributed by atoms with Gasteiger partial charge >= 0.3 is 0 Å². The second kappa shape index (κ2) is 3.38. The third kappa shape index (κ3) is 1.55. The molecule has 0 bridgehead atoms. The summed E-state index contributed by atoms with van der Waals surface area (Å²) in [6.07, 6.45) is 1.95. The van der Waals surface area contributed by atoms with Crippen molar-refractivity contribution in [2.24, 2.45) is 14.1 Å². The Morgan fingerprint density at radius 3 is 2.33 bits per heavy atom. The first-order valence-corrected chi connectivity index (χ1v) is 5.08.